The van der Waals surface area contributed by atoms with E-state index in [4.69, 9.17) is 0 Å². The van der Waals surface area contributed by atoms with Crippen molar-refractivity contribution in [2.24, 2.45) is 0 Å². The predicted molar refractivity (Wildman–Crippen MR) is 66.3 cm³/mol. The van der Waals surface area contributed by atoms with Gasteiger partial charge in [0.1, 0.15) is 5.82 Å². The van der Waals surface area contributed by atoms with Crippen LogP contribution in [0, 0.1) is 11.8 Å². The van der Waals surface area contributed by atoms with E-state index in [9.17, 15) is 8.78 Å². The first kappa shape index (κ1) is 11.1. The Balaban J connectivity index is 2.20. The average Bonchev–Trinajstić information content (AvgIpc) is 2.32. The minimum atomic E-state index is -0.555. The van der Waals surface area contributed by atoms with Crippen molar-refractivity contribution in [2.75, 3.05) is 5.32 Å². The summed E-state index contributed by atoms with van der Waals surface area (Å²) in [5.74, 6) is -0.773. The molecule has 2 aromatic rings. The van der Waals surface area contributed by atoms with E-state index in [0.29, 0.717) is 24.1 Å². The van der Waals surface area contributed by atoms with Crippen LogP contribution in [0.2, 0.25) is 0 Å². The fourth-order valence-corrected chi connectivity index (χ4v) is 2.39. The molecule has 1 aromatic carbocycles. The summed E-state index contributed by atoms with van der Waals surface area (Å²) in [6.07, 6.45) is 2.06. The Morgan fingerprint density at radius 2 is 2.17 bits per heavy atom. The van der Waals surface area contributed by atoms with Gasteiger partial charge in [0.25, 0.3) is 0 Å². The molecule has 1 aliphatic heterocycles. The van der Waals surface area contributed by atoms with E-state index in [2.05, 4.69) is 10.3 Å². The SMILES string of the molecule is CCc1c(F)cc(-c2ccnc(F)c2)c2c1CN2. The molecule has 1 N–H and O–H groups in total. The van der Waals surface area contributed by atoms with Crippen molar-refractivity contribution >= 4 is 5.69 Å². The van der Waals surface area contributed by atoms with Crippen molar-refractivity contribution in [1.29, 1.82) is 0 Å². The number of hydrogen-bond donors (Lipinski definition) is 1. The molecule has 0 radical (unpaired) electrons. The third-order valence-corrected chi connectivity index (χ3v) is 3.33. The highest BCUT2D eigenvalue weighted by molar-refractivity contribution is 5.84. The molecule has 92 valence electrons. The lowest BCUT2D eigenvalue weighted by atomic mass is 9.90. The molecule has 0 amide bonds. The normalized spacial score (nSPS) is 12.6. The smallest absolute Gasteiger partial charge is 0.213 e. The van der Waals surface area contributed by atoms with Crippen LogP contribution in [0.3, 0.4) is 0 Å². The monoisotopic (exact) mass is 246 g/mol. The van der Waals surface area contributed by atoms with E-state index < -0.39 is 5.95 Å². The number of nitrogens with one attached hydrogen (secondary N) is 1. The Bertz CT molecular complexity index is 623. The summed E-state index contributed by atoms with van der Waals surface area (Å²) in [4.78, 5) is 3.51. The maximum absolute atomic E-state index is 14.0. The van der Waals surface area contributed by atoms with E-state index >= 15 is 0 Å². The second-order valence-electron chi connectivity index (χ2n) is 4.31. The number of hydrogen-bond acceptors (Lipinski definition) is 2. The number of anilines is 1. The van der Waals surface area contributed by atoms with Gasteiger partial charge in [0.15, 0.2) is 0 Å². The Kier molecular flexibility index (Phi) is 2.51. The van der Waals surface area contributed by atoms with Crippen molar-refractivity contribution in [3.8, 4) is 11.1 Å². The molecule has 4 heteroatoms. The third-order valence-electron chi connectivity index (χ3n) is 3.33. The average molecular weight is 246 g/mol. The van der Waals surface area contributed by atoms with E-state index in [-0.39, 0.29) is 5.82 Å². The first-order valence-electron chi connectivity index (χ1n) is 5.90. The number of rotatable bonds is 2. The van der Waals surface area contributed by atoms with Crippen LogP contribution >= 0.6 is 0 Å². The number of fused-ring (bicyclic) bond motifs is 1. The summed E-state index contributed by atoms with van der Waals surface area (Å²) in [5, 5.41) is 3.17. The third kappa shape index (κ3) is 1.56. The predicted octanol–water partition coefficient (Wildman–Crippen LogP) is 3.51. The van der Waals surface area contributed by atoms with Crippen LogP contribution in [0.25, 0.3) is 11.1 Å². The highest BCUT2D eigenvalue weighted by Gasteiger charge is 2.23. The molecule has 18 heavy (non-hydrogen) atoms. The molecular formula is C14H12F2N2. The number of aromatic nitrogens is 1. The van der Waals surface area contributed by atoms with E-state index in [1.807, 2.05) is 6.92 Å². The summed E-state index contributed by atoms with van der Waals surface area (Å²) >= 11 is 0. The van der Waals surface area contributed by atoms with Crippen molar-refractivity contribution < 1.29 is 8.78 Å². The van der Waals surface area contributed by atoms with Gasteiger partial charge in [0.2, 0.25) is 5.95 Å². The number of pyridine rings is 1. The molecule has 1 aromatic heterocycles. The zero-order valence-electron chi connectivity index (χ0n) is 9.93. The molecule has 0 fully saturated rings. The first-order valence-corrected chi connectivity index (χ1v) is 5.90. The van der Waals surface area contributed by atoms with Crippen LogP contribution < -0.4 is 5.32 Å². The van der Waals surface area contributed by atoms with Crippen LogP contribution in [-0.2, 0) is 13.0 Å². The second-order valence-corrected chi connectivity index (χ2v) is 4.31. The molecule has 0 saturated heterocycles. The minimum absolute atomic E-state index is 0.218. The highest BCUT2D eigenvalue weighted by atomic mass is 19.1. The summed E-state index contributed by atoms with van der Waals surface area (Å²) in [7, 11) is 0. The zero-order chi connectivity index (χ0) is 12.7. The Labute approximate surface area is 104 Å². The van der Waals surface area contributed by atoms with Gasteiger partial charge in [-0.2, -0.15) is 4.39 Å². The van der Waals surface area contributed by atoms with Gasteiger partial charge in [0, 0.05) is 35.6 Å². The lowest BCUT2D eigenvalue weighted by Gasteiger charge is -2.28. The van der Waals surface area contributed by atoms with Crippen LogP contribution in [0.1, 0.15) is 18.1 Å². The van der Waals surface area contributed by atoms with Gasteiger partial charge in [-0.25, -0.2) is 9.37 Å². The Morgan fingerprint density at radius 1 is 1.33 bits per heavy atom. The molecule has 0 unspecified atom stereocenters. The van der Waals surface area contributed by atoms with Gasteiger partial charge >= 0.3 is 0 Å². The lowest BCUT2D eigenvalue weighted by molar-refractivity contribution is 0.584. The minimum Gasteiger partial charge on any atom is -0.380 e. The van der Waals surface area contributed by atoms with Gasteiger partial charge in [-0.1, -0.05) is 6.92 Å². The Hall–Kier alpha value is -1.97. The molecule has 1 aliphatic rings. The summed E-state index contributed by atoms with van der Waals surface area (Å²) in [5.41, 5.74) is 4.02. The topological polar surface area (TPSA) is 24.9 Å². The summed E-state index contributed by atoms with van der Waals surface area (Å²) in [6, 6.07) is 4.48. The van der Waals surface area contributed by atoms with Crippen LogP contribution in [0.15, 0.2) is 24.4 Å². The van der Waals surface area contributed by atoms with Crippen molar-refractivity contribution in [2.45, 2.75) is 19.9 Å². The zero-order valence-corrected chi connectivity index (χ0v) is 9.93. The summed E-state index contributed by atoms with van der Waals surface area (Å²) in [6.45, 7) is 2.61. The number of benzene rings is 1. The molecule has 0 atom stereocenters. The van der Waals surface area contributed by atoms with Crippen molar-refractivity contribution in [3.63, 3.8) is 0 Å². The standard InChI is InChI=1S/C14H12F2N2/c1-2-9-11-7-18-14(11)10(6-12(9)15)8-3-4-17-13(16)5-8/h3-6,18H,2,7H2,1H3. The second kappa shape index (κ2) is 4.05. The van der Waals surface area contributed by atoms with E-state index in [0.717, 1.165) is 16.8 Å². The lowest BCUT2D eigenvalue weighted by Crippen LogP contribution is -2.18. The fourth-order valence-electron chi connectivity index (χ4n) is 2.39. The number of halogens is 2. The largest absolute Gasteiger partial charge is 0.380 e. The fraction of sp³-hybridized carbons (Fsp3) is 0.214. The van der Waals surface area contributed by atoms with Crippen molar-refractivity contribution in [3.05, 3.63) is 47.3 Å². The van der Waals surface area contributed by atoms with Crippen LogP contribution in [0.5, 0.6) is 0 Å². The molecule has 3 rings (SSSR count). The summed E-state index contributed by atoms with van der Waals surface area (Å²) < 4.78 is 27.1. The van der Waals surface area contributed by atoms with Crippen LogP contribution in [0.4, 0.5) is 14.5 Å². The molecule has 0 aliphatic carbocycles. The molecule has 0 spiro atoms. The maximum Gasteiger partial charge on any atom is 0.213 e. The van der Waals surface area contributed by atoms with Gasteiger partial charge in [-0.15, -0.1) is 0 Å². The van der Waals surface area contributed by atoms with Gasteiger partial charge in [0.05, 0.1) is 0 Å². The molecule has 2 nitrogen and oxygen atoms in total. The quantitative estimate of drug-likeness (QED) is 0.820. The molecular weight excluding hydrogens is 234 g/mol. The molecule has 0 saturated carbocycles. The van der Waals surface area contributed by atoms with Crippen LogP contribution in [-0.4, -0.2) is 4.98 Å². The Morgan fingerprint density at radius 3 is 2.78 bits per heavy atom. The van der Waals surface area contributed by atoms with Gasteiger partial charge in [-0.05, 0) is 29.7 Å². The van der Waals surface area contributed by atoms with Gasteiger partial charge in [-0.3, -0.25) is 0 Å². The van der Waals surface area contributed by atoms with Gasteiger partial charge < -0.3 is 5.32 Å². The first-order chi connectivity index (χ1) is 8.70. The number of nitrogens with zero attached hydrogens (tertiary/aromatic N) is 1. The molecule has 2 heterocycles. The van der Waals surface area contributed by atoms with E-state index in [1.165, 1.54) is 18.3 Å². The highest BCUT2D eigenvalue weighted by Crippen LogP contribution is 2.40. The van der Waals surface area contributed by atoms with Crippen molar-refractivity contribution in [1.82, 2.24) is 4.98 Å². The maximum atomic E-state index is 14.0. The van der Waals surface area contributed by atoms with E-state index in [1.54, 1.807) is 6.07 Å². The molecule has 0 bridgehead atoms.